The molecule has 1 unspecified atom stereocenters. The highest BCUT2D eigenvalue weighted by Gasteiger charge is 2.31. The van der Waals surface area contributed by atoms with Crippen molar-refractivity contribution in [2.24, 2.45) is 0 Å². The average Bonchev–Trinajstić information content (AvgIpc) is 2.42. The Morgan fingerprint density at radius 1 is 1.05 bits per heavy atom. The van der Waals surface area contributed by atoms with E-state index in [9.17, 15) is 13.2 Å². The molecule has 0 aliphatic rings. The van der Waals surface area contributed by atoms with Crippen molar-refractivity contribution in [1.82, 2.24) is 5.32 Å². The Morgan fingerprint density at radius 3 is 2.14 bits per heavy atom. The van der Waals surface area contributed by atoms with E-state index in [1.54, 1.807) is 20.0 Å². The fourth-order valence-corrected chi connectivity index (χ4v) is 2.60. The van der Waals surface area contributed by atoms with E-state index in [0.717, 1.165) is 21.7 Å². The highest BCUT2D eigenvalue weighted by Crippen LogP contribution is 2.33. The molecule has 0 saturated carbocycles. The first-order valence-electron chi connectivity index (χ1n) is 6.43. The summed E-state index contributed by atoms with van der Waals surface area (Å²) >= 11 is 3.37. The number of aryl methyl sites for hydroxylation is 1. The first-order valence-corrected chi connectivity index (χ1v) is 7.22. The van der Waals surface area contributed by atoms with Crippen molar-refractivity contribution in [3.05, 3.63) is 69.2 Å². The maximum Gasteiger partial charge on any atom is 0.416 e. The molecule has 0 amide bonds. The van der Waals surface area contributed by atoms with Crippen LogP contribution < -0.4 is 5.32 Å². The van der Waals surface area contributed by atoms with Crippen LogP contribution in [-0.2, 0) is 6.18 Å². The van der Waals surface area contributed by atoms with Gasteiger partial charge < -0.3 is 5.32 Å². The second-order valence-electron chi connectivity index (χ2n) is 4.84. The Morgan fingerprint density at radius 2 is 1.67 bits per heavy atom. The van der Waals surface area contributed by atoms with Gasteiger partial charge in [-0.3, -0.25) is 0 Å². The average molecular weight is 358 g/mol. The number of rotatable bonds is 3. The molecule has 1 nitrogen and oxygen atoms in total. The van der Waals surface area contributed by atoms with Gasteiger partial charge in [-0.1, -0.05) is 34.1 Å². The first-order chi connectivity index (χ1) is 9.82. The van der Waals surface area contributed by atoms with Gasteiger partial charge in [0, 0.05) is 4.47 Å². The quantitative estimate of drug-likeness (QED) is 0.806. The lowest BCUT2D eigenvalue weighted by Crippen LogP contribution is -2.19. The summed E-state index contributed by atoms with van der Waals surface area (Å²) in [5.41, 5.74) is 1.85. The van der Waals surface area contributed by atoms with Crippen LogP contribution in [0.15, 0.2) is 46.9 Å². The molecule has 0 spiro atoms. The molecule has 2 aromatic rings. The van der Waals surface area contributed by atoms with Gasteiger partial charge in [0.2, 0.25) is 0 Å². The summed E-state index contributed by atoms with van der Waals surface area (Å²) in [5, 5.41) is 3.16. The van der Waals surface area contributed by atoms with Gasteiger partial charge in [0.15, 0.2) is 0 Å². The van der Waals surface area contributed by atoms with Crippen LogP contribution in [-0.4, -0.2) is 7.05 Å². The molecule has 0 aliphatic heterocycles. The van der Waals surface area contributed by atoms with E-state index >= 15 is 0 Å². The van der Waals surface area contributed by atoms with E-state index in [1.807, 2.05) is 24.3 Å². The molecule has 2 aromatic carbocycles. The highest BCUT2D eigenvalue weighted by atomic mass is 79.9. The largest absolute Gasteiger partial charge is 0.416 e. The molecule has 0 saturated heterocycles. The fourth-order valence-electron chi connectivity index (χ4n) is 2.33. The third kappa shape index (κ3) is 3.66. The van der Waals surface area contributed by atoms with Crippen LogP contribution in [0.2, 0.25) is 0 Å². The summed E-state index contributed by atoms with van der Waals surface area (Å²) in [5.74, 6) is 0. The van der Waals surface area contributed by atoms with Gasteiger partial charge in [-0.05, 0) is 54.9 Å². The fraction of sp³-hybridized carbons (Fsp3) is 0.250. The van der Waals surface area contributed by atoms with Crippen LogP contribution >= 0.6 is 15.9 Å². The lowest BCUT2D eigenvalue weighted by atomic mass is 9.94. The van der Waals surface area contributed by atoms with Crippen LogP contribution in [0.3, 0.4) is 0 Å². The van der Waals surface area contributed by atoms with E-state index in [2.05, 4.69) is 21.2 Å². The Hall–Kier alpha value is -1.33. The van der Waals surface area contributed by atoms with Crippen LogP contribution in [0, 0.1) is 6.92 Å². The lowest BCUT2D eigenvalue weighted by molar-refractivity contribution is -0.137. The van der Waals surface area contributed by atoms with Gasteiger partial charge in [-0.15, -0.1) is 0 Å². The summed E-state index contributed by atoms with van der Waals surface area (Å²) in [4.78, 5) is 0. The lowest BCUT2D eigenvalue weighted by Gasteiger charge is -2.20. The topological polar surface area (TPSA) is 12.0 Å². The smallest absolute Gasteiger partial charge is 0.309 e. The van der Waals surface area contributed by atoms with Crippen molar-refractivity contribution in [3.63, 3.8) is 0 Å². The molecular weight excluding hydrogens is 343 g/mol. The summed E-state index contributed by atoms with van der Waals surface area (Å²) in [6, 6.07) is 11.5. The number of hydrogen-bond donors (Lipinski definition) is 1. The molecule has 1 atom stereocenters. The highest BCUT2D eigenvalue weighted by molar-refractivity contribution is 9.10. The minimum Gasteiger partial charge on any atom is -0.309 e. The van der Waals surface area contributed by atoms with Gasteiger partial charge in [0.05, 0.1) is 11.6 Å². The molecule has 5 heteroatoms. The van der Waals surface area contributed by atoms with Crippen molar-refractivity contribution < 1.29 is 13.2 Å². The van der Waals surface area contributed by atoms with Gasteiger partial charge in [-0.25, -0.2) is 0 Å². The molecule has 2 rings (SSSR count). The van der Waals surface area contributed by atoms with Crippen molar-refractivity contribution >= 4 is 15.9 Å². The Labute approximate surface area is 130 Å². The standard InChI is InChI=1S/C16H15BrF3N/c1-10-9-12(16(18,19)20)5-8-14(10)15(21-2)11-3-6-13(17)7-4-11/h3-9,15,21H,1-2H3. The molecule has 0 aliphatic carbocycles. The Kier molecular flexibility index (Phi) is 4.74. The van der Waals surface area contributed by atoms with Gasteiger partial charge >= 0.3 is 6.18 Å². The monoisotopic (exact) mass is 357 g/mol. The number of nitrogens with one attached hydrogen (secondary N) is 1. The molecule has 112 valence electrons. The molecule has 0 heterocycles. The second kappa shape index (κ2) is 6.20. The van der Waals surface area contributed by atoms with Crippen LogP contribution in [0.25, 0.3) is 0 Å². The van der Waals surface area contributed by atoms with E-state index in [-0.39, 0.29) is 6.04 Å². The molecular formula is C16H15BrF3N. The third-order valence-corrected chi connectivity index (χ3v) is 3.93. The summed E-state index contributed by atoms with van der Waals surface area (Å²) < 4.78 is 39.2. The minimum absolute atomic E-state index is 0.139. The Bertz CT molecular complexity index is 620. The minimum atomic E-state index is -4.31. The van der Waals surface area contributed by atoms with Gasteiger partial charge in [0.25, 0.3) is 0 Å². The van der Waals surface area contributed by atoms with E-state index in [4.69, 9.17) is 0 Å². The summed E-state index contributed by atoms with van der Waals surface area (Å²) in [6.07, 6.45) is -4.31. The SMILES string of the molecule is CNC(c1ccc(Br)cc1)c1ccc(C(F)(F)F)cc1C. The molecule has 1 N–H and O–H groups in total. The van der Waals surface area contributed by atoms with Crippen LogP contribution in [0.4, 0.5) is 13.2 Å². The Balaban J connectivity index is 2.41. The van der Waals surface area contributed by atoms with Gasteiger partial charge in [-0.2, -0.15) is 13.2 Å². The zero-order valence-electron chi connectivity index (χ0n) is 11.6. The first kappa shape index (κ1) is 16.0. The predicted octanol–water partition coefficient (Wildman–Crippen LogP) is 5.09. The van der Waals surface area contributed by atoms with E-state index in [0.29, 0.717) is 5.56 Å². The van der Waals surface area contributed by atoms with Crippen LogP contribution in [0.1, 0.15) is 28.3 Å². The molecule has 0 aromatic heterocycles. The maximum absolute atomic E-state index is 12.7. The normalized spacial score (nSPS) is 13.2. The summed E-state index contributed by atoms with van der Waals surface area (Å²) in [7, 11) is 1.80. The summed E-state index contributed by atoms with van der Waals surface area (Å²) in [6.45, 7) is 1.70. The molecule has 0 radical (unpaired) electrons. The number of hydrogen-bond acceptors (Lipinski definition) is 1. The van der Waals surface area contributed by atoms with E-state index < -0.39 is 11.7 Å². The number of benzene rings is 2. The second-order valence-corrected chi connectivity index (χ2v) is 5.76. The van der Waals surface area contributed by atoms with Crippen molar-refractivity contribution in [2.75, 3.05) is 7.05 Å². The van der Waals surface area contributed by atoms with Crippen molar-refractivity contribution in [3.8, 4) is 0 Å². The number of alkyl halides is 3. The van der Waals surface area contributed by atoms with Crippen molar-refractivity contribution in [1.29, 1.82) is 0 Å². The van der Waals surface area contributed by atoms with Gasteiger partial charge in [0.1, 0.15) is 0 Å². The zero-order chi connectivity index (χ0) is 15.6. The van der Waals surface area contributed by atoms with Crippen LogP contribution in [0.5, 0.6) is 0 Å². The predicted molar refractivity (Wildman–Crippen MR) is 81.2 cm³/mol. The van der Waals surface area contributed by atoms with E-state index in [1.165, 1.54) is 6.07 Å². The molecule has 0 fully saturated rings. The maximum atomic E-state index is 12.7. The molecule has 21 heavy (non-hydrogen) atoms. The zero-order valence-corrected chi connectivity index (χ0v) is 13.2. The number of halogens is 4. The molecule has 0 bridgehead atoms. The third-order valence-electron chi connectivity index (χ3n) is 3.40. The van der Waals surface area contributed by atoms with Crippen molar-refractivity contribution in [2.45, 2.75) is 19.1 Å².